The zero-order valence-corrected chi connectivity index (χ0v) is 15.4. The van der Waals surface area contributed by atoms with Gasteiger partial charge in [0.2, 0.25) is 5.91 Å². The second-order valence-electron chi connectivity index (χ2n) is 6.57. The lowest BCUT2D eigenvalue weighted by atomic mass is 9.95. The number of fused-ring (bicyclic) bond motifs is 1. The van der Waals surface area contributed by atoms with Gasteiger partial charge < -0.3 is 27.0 Å². The molecule has 146 valence electrons. The molecule has 1 amide bonds. The Kier molecular flexibility index (Phi) is 6.95. The highest BCUT2D eigenvalue weighted by molar-refractivity contribution is 6.06. The molecular formula is C19H26N4O4. The minimum absolute atomic E-state index is 0.0168. The smallest absolute Gasteiger partial charge is 0.339 e. The van der Waals surface area contributed by atoms with Crippen molar-refractivity contribution in [2.75, 3.05) is 12.3 Å². The van der Waals surface area contributed by atoms with Crippen LogP contribution in [0.4, 0.5) is 5.69 Å². The normalized spacial score (nSPS) is 14.3. The standard InChI is InChI=1S/C11H10N2O3.C8H16N2O/c1-5-8(11(15)16)10(12)9-6(13-5)3-2-4-7(9)14;9-6-8(11)10-7-4-2-1-3-5-7/h2-4,14H,1H3,(H2,12,13)(H,15,16);7H,1-6,9H2,(H,10,11). The van der Waals surface area contributed by atoms with Crippen molar-refractivity contribution in [2.45, 2.75) is 45.1 Å². The molecule has 1 heterocycles. The minimum Gasteiger partial charge on any atom is -0.507 e. The zero-order chi connectivity index (χ0) is 20.0. The van der Waals surface area contributed by atoms with Gasteiger partial charge in [0.05, 0.1) is 28.8 Å². The summed E-state index contributed by atoms with van der Waals surface area (Å²) in [6.45, 7) is 1.69. The number of rotatable bonds is 3. The minimum atomic E-state index is -1.15. The number of benzene rings is 1. The van der Waals surface area contributed by atoms with Crippen LogP contribution in [0.15, 0.2) is 18.2 Å². The van der Waals surface area contributed by atoms with E-state index in [1.54, 1.807) is 19.1 Å². The van der Waals surface area contributed by atoms with Crippen molar-refractivity contribution in [1.29, 1.82) is 0 Å². The summed E-state index contributed by atoms with van der Waals surface area (Å²) >= 11 is 0. The molecule has 1 aromatic carbocycles. The zero-order valence-electron chi connectivity index (χ0n) is 15.4. The van der Waals surface area contributed by atoms with Crippen LogP contribution in [0.3, 0.4) is 0 Å². The Balaban J connectivity index is 0.000000208. The molecule has 0 radical (unpaired) electrons. The quantitative estimate of drug-likeness (QED) is 0.550. The maximum atomic E-state index is 11.0. The van der Waals surface area contributed by atoms with Crippen molar-refractivity contribution < 1.29 is 19.8 Å². The van der Waals surface area contributed by atoms with Gasteiger partial charge in [-0.05, 0) is 31.9 Å². The molecule has 3 rings (SSSR count). The van der Waals surface area contributed by atoms with Gasteiger partial charge in [-0.3, -0.25) is 9.78 Å². The van der Waals surface area contributed by atoms with Crippen molar-refractivity contribution in [2.24, 2.45) is 5.73 Å². The number of aromatic carboxylic acids is 1. The number of amides is 1. The lowest BCUT2D eigenvalue weighted by Crippen LogP contribution is -2.39. The molecule has 1 aliphatic carbocycles. The SMILES string of the molecule is Cc1nc2cccc(O)c2c(N)c1C(=O)O.NCC(=O)NC1CCCCC1. The van der Waals surface area contributed by atoms with E-state index in [1.165, 1.54) is 25.3 Å². The highest BCUT2D eigenvalue weighted by Gasteiger charge is 2.18. The summed E-state index contributed by atoms with van der Waals surface area (Å²) in [5, 5.41) is 21.8. The van der Waals surface area contributed by atoms with E-state index in [-0.39, 0.29) is 34.8 Å². The molecular weight excluding hydrogens is 348 g/mol. The van der Waals surface area contributed by atoms with Crippen molar-refractivity contribution in [1.82, 2.24) is 10.3 Å². The number of anilines is 1. The van der Waals surface area contributed by atoms with Gasteiger partial charge in [0.25, 0.3) is 0 Å². The number of phenols is 1. The Morgan fingerprint density at radius 1 is 1.26 bits per heavy atom. The molecule has 0 aliphatic heterocycles. The number of carbonyl (C=O) groups is 2. The van der Waals surface area contributed by atoms with Gasteiger partial charge in [0.1, 0.15) is 11.3 Å². The number of aryl methyl sites for hydroxylation is 1. The number of hydrogen-bond acceptors (Lipinski definition) is 6. The van der Waals surface area contributed by atoms with E-state index in [9.17, 15) is 14.7 Å². The Morgan fingerprint density at radius 3 is 2.52 bits per heavy atom. The first-order chi connectivity index (χ1) is 12.8. The Morgan fingerprint density at radius 2 is 1.93 bits per heavy atom. The molecule has 0 unspecified atom stereocenters. The number of aromatic nitrogens is 1. The number of pyridine rings is 1. The molecule has 1 aromatic heterocycles. The Bertz CT molecular complexity index is 832. The van der Waals surface area contributed by atoms with E-state index < -0.39 is 5.97 Å². The molecule has 1 aliphatic rings. The van der Waals surface area contributed by atoms with Gasteiger partial charge >= 0.3 is 5.97 Å². The van der Waals surface area contributed by atoms with E-state index >= 15 is 0 Å². The van der Waals surface area contributed by atoms with Crippen LogP contribution < -0.4 is 16.8 Å². The first-order valence-electron chi connectivity index (χ1n) is 8.95. The Labute approximate surface area is 157 Å². The van der Waals surface area contributed by atoms with Gasteiger partial charge in [0, 0.05) is 6.04 Å². The topological polar surface area (TPSA) is 152 Å². The van der Waals surface area contributed by atoms with Crippen LogP contribution in [0.25, 0.3) is 10.9 Å². The number of nitrogen functional groups attached to an aromatic ring is 1. The predicted octanol–water partition coefficient (Wildman–Crippen LogP) is 1.92. The van der Waals surface area contributed by atoms with Gasteiger partial charge in [-0.1, -0.05) is 25.3 Å². The summed E-state index contributed by atoms with van der Waals surface area (Å²) in [6, 6.07) is 5.15. The maximum absolute atomic E-state index is 11.0. The number of nitrogens with one attached hydrogen (secondary N) is 1. The molecule has 0 spiro atoms. The van der Waals surface area contributed by atoms with Crippen LogP contribution in [-0.2, 0) is 4.79 Å². The number of nitrogens with zero attached hydrogens (tertiary/aromatic N) is 1. The Hall–Kier alpha value is -2.87. The van der Waals surface area contributed by atoms with E-state index in [0.29, 0.717) is 17.3 Å². The number of hydrogen-bond donors (Lipinski definition) is 5. The number of carboxylic acids is 1. The number of aromatic hydroxyl groups is 1. The molecule has 1 fully saturated rings. The third-order valence-electron chi connectivity index (χ3n) is 4.58. The fourth-order valence-corrected chi connectivity index (χ4v) is 3.26. The molecule has 1 saturated carbocycles. The average Bonchev–Trinajstić information content (AvgIpc) is 2.62. The third kappa shape index (κ3) is 5.07. The van der Waals surface area contributed by atoms with Crippen LogP contribution in [0.2, 0.25) is 0 Å². The predicted molar refractivity (Wildman–Crippen MR) is 104 cm³/mol. The molecule has 0 bridgehead atoms. The third-order valence-corrected chi connectivity index (χ3v) is 4.58. The van der Waals surface area contributed by atoms with E-state index in [0.717, 1.165) is 12.8 Å². The fourth-order valence-electron chi connectivity index (χ4n) is 3.26. The van der Waals surface area contributed by atoms with Gasteiger partial charge in [-0.25, -0.2) is 4.79 Å². The number of carboxylic acid groups (broad SMARTS) is 1. The van der Waals surface area contributed by atoms with Crippen LogP contribution in [-0.4, -0.2) is 39.7 Å². The summed E-state index contributed by atoms with van der Waals surface area (Å²) in [4.78, 5) is 25.9. The van der Waals surface area contributed by atoms with Crippen LogP contribution in [0.5, 0.6) is 5.75 Å². The van der Waals surface area contributed by atoms with Crippen molar-refractivity contribution >= 4 is 28.5 Å². The van der Waals surface area contributed by atoms with E-state index in [4.69, 9.17) is 16.6 Å². The number of carbonyl (C=O) groups excluding carboxylic acids is 1. The van der Waals surface area contributed by atoms with Crippen LogP contribution in [0, 0.1) is 6.92 Å². The summed E-state index contributed by atoms with van der Waals surface area (Å²) in [7, 11) is 0. The van der Waals surface area contributed by atoms with E-state index in [1.807, 2.05) is 0 Å². The summed E-state index contributed by atoms with van der Waals surface area (Å²) < 4.78 is 0. The van der Waals surface area contributed by atoms with Crippen molar-refractivity contribution in [3.8, 4) is 5.75 Å². The largest absolute Gasteiger partial charge is 0.507 e. The molecule has 2 aromatic rings. The van der Waals surface area contributed by atoms with Crippen LogP contribution >= 0.6 is 0 Å². The average molecular weight is 374 g/mol. The molecule has 0 atom stereocenters. The van der Waals surface area contributed by atoms with Gasteiger partial charge in [-0.15, -0.1) is 0 Å². The van der Waals surface area contributed by atoms with Crippen molar-refractivity contribution in [3.05, 3.63) is 29.5 Å². The van der Waals surface area contributed by atoms with E-state index in [2.05, 4.69) is 10.3 Å². The molecule has 7 N–H and O–H groups in total. The fraction of sp³-hybridized carbons (Fsp3) is 0.421. The molecule has 8 nitrogen and oxygen atoms in total. The summed E-state index contributed by atoms with van der Waals surface area (Å²) in [5.74, 6) is -1.23. The van der Waals surface area contributed by atoms with Gasteiger partial charge in [0.15, 0.2) is 0 Å². The lowest BCUT2D eigenvalue weighted by Gasteiger charge is -2.22. The highest BCUT2D eigenvalue weighted by Crippen LogP contribution is 2.32. The monoisotopic (exact) mass is 374 g/mol. The maximum Gasteiger partial charge on any atom is 0.339 e. The molecule has 0 saturated heterocycles. The van der Waals surface area contributed by atoms with Crippen LogP contribution in [0.1, 0.15) is 48.2 Å². The second-order valence-corrected chi connectivity index (χ2v) is 6.57. The first kappa shape index (κ1) is 20.4. The lowest BCUT2D eigenvalue weighted by molar-refractivity contribution is -0.120. The van der Waals surface area contributed by atoms with Crippen molar-refractivity contribution in [3.63, 3.8) is 0 Å². The summed E-state index contributed by atoms with van der Waals surface area (Å²) in [6.07, 6.45) is 6.07. The van der Waals surface area contributed by atoms with Gasteiger partial charge in [-0.2, -0.15) is 0 Å². The first-order valence-corrected chi connectivity index (χ1v) is 8.95. The molecule has 27 heavy (non-hydrogen) atoms. The molecule has 8 heteroatoms. The number of phenolic OH excluding ortho intramolecular Hbond substituents is 1. The number of nitrogens with two attached hydrogens (primary N) is 2. The second kappa shape index (κ2) is 9.18. The summed E-state index contributed by atoms with van der Waals surface area (Å²) in [5.41, 5.74) is 11.7. The highest BCUT2D eigenvalue weighted by atomic mass is 16.4.